The quantitative estimate of drug-likeness (QED) is 0.577. The third-order valence-electron chi connectivity index (χ3n) is 3.26. The van der Waals surface area contributed by atoms with E-state index in [1.807, 2.05) is 18.4 Å². The minimum atomic E-state index is 0.00857. The number of nitrogens with zero attached hydrogens (tertiary/aromatic N) is 3. The molecule has 0 aliphatic rings. The van der Waals surface area contributed by atoms with Crippen LogP contribution in [0.25, 0.3) is 0 Å². The first-order valence-corrected chi connectivity index (χ1v) is 7.87. The Balaban J connectivity index is 2.09. The summed E-state index contributed by atoms with van der Waals surface area (Å²) in [7, 11) is 3.11. The number of carbonyl (C=O) groups excluding carboxylic acids is 1. The van der Waals surface area contributed by atoms with Gasteiger partial charge in [-0.05, 0) is 32.0 Å². The van der Waals surface area contributed by atoms with Crippen molar-refractivity contribution in [2.24, 2.45) is 0 Å². The van der Waals surface area contributed by atoms with E-state index in [4.69, 9.17) is 9.47 Å². The van der Waals surface area contributed by atoms with Crippen molar-refractivity contribution in [3.8, 4) is 11.5 Å². The van der Waals surface area contributed by atoms with Crippen LogP contribution in [0.3, 0.4) is 0 Å². The van der Waals surface area contributed by atoms with Gasteiger partial charge in [-0.25, -0.2) is 0 Å². The van der Waals surface area contributed by atoms with E-state index in [2.05, 4.69) is 10.2 Å². The van der Waals surface area contributed by atoms with Gasteiger partial charge in [0.1, 0.15) is 5.82 Å². The molecular weight excluding hydrogens is 302 g/mol. The molecule has 0 unspecified atom stereocenters. The number of aromatic nitrogens is 3. The maximum Gasteiger partial charge on any atom is 0.191 e. The van der Waals surface area contributed by atoms with Crippen LogP contribution in [0.5, 0.6) is 11.5 Å². The molecule has 0 aliphatic heterocycles. The van der Waals surface area contributed by atoms with Crippen LogP contribution in [0.2, 0.25) is 0 Å². The van der Waals surface area contributed by atoms with Gasteiger partial charge in [0, 0.05) is 12.1 Å². The number of Topliss-reactive ketones (excluding diaryl/α,β-unsaturated/α-hetero) is 1. The van der Waals surface area contributed by atoms with Crippen LogP contribution in [0, 0.1) is 6.92 Å². The Morgan fingerprint density at radius 2 is 1.95 bits per heavy atom. The molecule has 0 radical (unpaired) electrons. The molecule has 0 spiro atoms. The molecule has 6 nitrogen and oxygen atoms in total. The summed E-state index contributed by atoms with van der Waals surface area (Å²) in [5.41, 5.74) is 0.587. The van der Waals surface area contributed by atoms with Crippen molar-refractivity contribution in [3.63, 3.8) is 0 Å². The fourth-order valence-corrected chi connectivity index (χ4v) is 3.00. The van der Waals surface area contributed by atoms with Crippen LogP contribution < -0.4 is 9.47 Å². The molecule has 1 aromatic heterocycles. The predicted octanol–water partition coefficient (Wildman–Crippen LogP) is 2.60. The molecule has 0 amide bonds. The maximum atomic E-state index is 12.3. The lowest BCUT2D eigenvalue weighted by atomic mass is 10.1. The van der Waals surface area contributed by atoms with E-state index in [0.717, 1.165) is 17.5 Å². The molecule has 0 saturated heterocycles. The van der Waals surface area contributed by atoms with Crippen molar-refractivity contribution in [2.45, 2.75) is 25.5 Å². The van der Waals surface area contributed by atoms with E-state index >= 15 is 0 Å². The molecule has 0 atom stereocenters. The monoisotopic (exact) mass is 321 g/mol. The zero-order valence-corrected chi connectivity index (χ0v) is 13.9. The SMILES string of the molecule is CCn1c(C)nnc1SCC(=O)c1ccc(OC)c(OC)c1. The standard InChI is InChI=1S/C15H19N3O3S/c1-5-18-10(2)16-17-15(18)22-9-12(19)11-6-7-13(20-3)14(8-11)21-4/h6-8H,5,9H2,1-4H3. The number of thioether (sulfide) groups is 1. The van der Waals surface area contributed by atoms with E-state index in [1.165, 1.54) is 11.8 Å². The molecule has 1 heterocycles. The van der Waals surface area contributed by atoms with Crippen LogP contribution >= 0.6 is 11.8 Å². The molecule has 0 saturated carbocycles. The average Bonchev–Trinajstić information content (AvgIpc) is 2.91. The minimum Gasteiger partial charge on any atom is -0.493 e. The van der Waals surface area contributed by atoms with Gasteiger partial charge in [-0.2, -0.15) is 0 Å². The number of hydrogen-bond donors (Lipinski definition) is 0. The van der Waals surface area contributed by atoms with Gasteiger partial charge < -0.3 is 14.0 Å². The highest BCUT2D eigenvalue weighted by molar-refractivity contribution is 7.99. The zero-order valence-electron chi connectivity index (χ0n) is 13.1. The summed E-state index contributed by atoms with van der Waals surface area (Å²) in [6.07, 6.45) is 0. The number of ketones is 1. The minimum absolute atomic E-state index is 0.00857. The Morgan fingerprint density at radius 1 is 1.23 bits per heavy atom. The van der Waals surface area contributed by atoms with Crippen molar-refractivity contribution >= 4 is 17.5 Å². The predicted molar refractivity (Wildman–Crippen MR) is 85.0 cm³/mol. The van der Waals surface area contributed by atoms with Crippen molar-refractivity contribution in [3.05, 3.63) is 29.6 Å². The zero-order chi connectivity index (χ0) is 16.1. The number of rotatable bonds is 7. The second-order valence-corrected chi connectivity index (χ2v) is 5.50. The topological polar surface area (TPSA) is 66.2 Å². The highest BCUT2D eigenvalue weighted by Crippen LogP contribution is 2.28. The summed E-state index contributed by atoms with van der Waals surface area (Å²) in [5, 5.41) is 8.88. The molecule has 2 rings (SSSR count). The second kappa shape index (κ2) is 7.31. The van der Waals surface area contributed by atoms with Gasteiger partial charge in [0.25, 0.3) is 0 Å². The van der Waals surface area contributed by atoms with Gasteiger partial charge in [0.05, 0.1) is 20.0 Å². The summed E-state index contributed by atoms with van der Waals surface area (Å²) in [6.45, 7) is 4.71. The Hall–Kier alpha value is -2.02. The first-order chi connectivity index (χ1) is 10.6. The molecule has 22 heavy (non-hydrogen) atoms. The normalized spacial score (nSPS) is 10.5. The fourth-order valence-electron chi connectivity index (χ4n) is 2.06. The van der Waals surface area contributed by atoms with E-state index in [-0.39, 0.29) is 5.78 Å². The molecule has 0 aliphatic carbocycles. The van der Waals surface area contributed by atoms with Crippen molar-refractivity contribution in [1.29, 1.82) is 0 Å². The molecular formula is C15H19N3O3S. The first kappa shape index (κ1) is 16.4. The highest BCUT2D eigenvalue weighted by atomic mass is 32.2. The Bertz CT molecular complexity index is 670. The first-order valence-electron chi connectivity index (χ1n) is 6.88. The van der Waals surface area contributed by atoms with Crippen LogP contribution in [0.15, 0.2) is 23.4 Å². The van der Waals surface area contributed by atoms with Crippen molar-refractivity contribution in [2.75, 3.05) is 20.0 Å². The molecule has 0 bridgehead atoms. The summed E-state index contributed by atoms with van der Waals surface area (Å²) in [5.74, 6) is 2.31. The molecule has 2 aromatic rings. The van der Waals surface area contributed by atoms with Gasteiger partial charge in [-0.1, -0.05) is 11.8 Å². The number of carbonyl (C=O) groups is 1. The van der Waals surface area contributed by atoms with Gasteiger partial charge in [0.15, 0.2) is 22.4 Å². The molecule has 0 fully saturated rings. The fraction of sp³-hybridized carbons (Fsp3) is 0.400. The summed E-state index contributed by atoms with van der Waals surface area (Å²) >= 11 is 1.39. The van der Waals surface area contributed by atoms with Crippen LogP contribution in [-0.2, 0) is 6.54 Å². The third kappa shape index (κ3) is 3.41. The van der Waals surface area contributed by atoms with Gasteiger partial charge >= 0.3 is 0 Å². The largest absolute Gasteiger partial charge is 0.493 e. The number of benzene rings is 1. The van der Waals surface area contributed by atoms with Crippen molar-refractivity contribution in [1.82, 2.24) is 14.8 Å². The third-order valence-corrected chi connectivity index (χ3v) is 4.22. The second-order valence-electron chi connectivity index (χ2n) is 4.56. The number of methoxy groups -OCH3 is 2. The lowest BCUT2D eigenvalue weighted by Crippen LogP contribution is -2.05. The number of hydrogen-bond acceptors (Lipinski definition) is 6. The van der Waals surface area contributed by atoms with Gasteiger partial charge in [0.2, 0.25) is 0 Å². The number of aryl methyl sites for hydroxylation is 1. The summed E-state index contributed by atoms with van der Waals surface area (Å²) < 4.78 is 12.4. The maximum absolute atomic E-state index is 12.3. The van der Waals surface area contributed by atoms with E-state index < -0.39 is 0 Å². The van der Waals surface area contributed by atoms with Crippen LogP contribution in [0.4, 0.5) is 0 Å². The number of ether oxygens (including phenoxy) is 2. The Kier molecular flexibility index (Phi) is 5.43. The van der Waals surface area contributed by atoms with Crippen LogP contribution in [-0.4, -0.2) is 40.5 Å². The lowest BCUT2D eigenvalue weighted by Gasteiger charge is -2.09. The van der Waals surface area contributed by atoms with Gasteiger partial charge in [-0.3, -0.25) is 4.79 Å². The molecule has 0 N–H and O–H groups in total. The summed E-state index contributed by atoms with van der Waals surface area (Å²) in [4.78, 5) is 12.3. The van der Waals surface area contributed by atoms with E-state index in [0.29, 0.717) is 22.8 Å². The highest BCUT2D eigenvalue weighted by Gasteiger charge is 2.14. The lowest BCUT2D eigenvalue weighted by molar-refractivity contribution is 0.102. The average molecular weight is 321 g/mol. The van der Waals surface area contributed by atoms with Crippen molar-refractivity contribution < 1.29 is 14.3 Å². The molecule has 118 valence electrons. The van der Waals surface area contributed by atoms with E-state index in [9.17, 15) is 4.79 Å². The molecule has 7 heteroatoms. The Morgan fingerprint density at radius 3 is 2.59 bits per heavy atom. The Labute approximate surface area is 133 Å². The van der Waals surface area contributed by atoms with Crippen LogP contribution in [0.1, 0.15) is 23.1 Å². The van der Waals surface area contributed by atoms with E-state index in [1.54, 1.807) is 32.4 Å². The molecule has 1 aromatic carbocycles. The van der Waals surface area contributed by atoms with Gasteiger partial charge in [-0.15, -0.1) is 10.2 Å². The smallest absolute Gasteiger partial charge is 0.191 e. The summed E-state index contributed by atoms with van der Waals surface area (Å²) in [6, 6.07) is 5.16.